The number of aryl methyl sites for hydroxylation is 2. The van der Waals surface area contributed by atoms with Crippen LogP contribution in [-0.2, 0) is 17.7 Å². The van der Waals surface area contributed by atoms with Crippen molar-refractivity contribution in [2.24, 2.45) is 0 Å². The van der Waals surface area contributed by atoms with Crippen LogP contribution in [0.3, 0.4) is 0 Å². The zero-order valence-electron chi connectivity index (χ0n) is 13.3. The third kappa shape index (κ3) is 3.00. The van der Waals surface area contributed by atoms with E-state index < -0.39 is 0 Å². The first-order chi connectivity index (χ1) is 11.2. The Hall–Kier alpha value is -1.46. The Labute approximate surface area is 140 Å². The zero-order chi connectivity index (χ0) is 15.8. The van der Waals surface area contributed by atoms with Gasteiger partial charge in [0.25, 0.3) is 0 Å². The lowest BCUT2D eigenvalue weighted by molar-refractivity contribution is 0.111. The van der Waals surface area contributed by atoms with Gasteiger partial charge in [-0.25, -0.2) is 9.37 Å². The lowest BCUT2D eigenvalue weighted by atomic mass is 9.99. The highest BCUT2D eigenvalue weighted by atomic mass is 32.1. The van der Waals surface area contributed by atoms with E-state index in [2.05, 4.69) is 16.3 Å². The van der Waals surface area contributed by atoms with Gasteiger partial charge in [-0.2, -0.15) is 0 Å². The molecule has 3 nitrogen and oxygen atoms in total. The van der Waals surface area contributed by atoms with E-state index in [1.807, 2.05) is 6.92 Å². The third-order valence-electron chi connectivity index (χ3n) is 4.60. The Bertz CT molecular complexity index is 709. The van der Waals surface area contributed by atoms with Crippen LogP contribution in [0.1, 0.15) is 47.2 Å². The lowest BCUT2D eigenvalue weighted by Gasteiger charge is -2.31. The molecule has 2 aliphatic heterocycles. The SMILES string of the molecule is Cc1cc(F)c2c(c1)CCCN2Cc1csc([C@H]2CCCO2)n1. The number of thiazole rings is 1. The summed E-state index contributed by atoms with van der Waals surface area (Å²) in [6.45, 7) is 4.36. The van der Waals surface area contributed by atoms with E-state index in [9.17, 15) is 4.39 Å². The van der Waals surface area contributed by atoms with Crippen molar-refractivity contribution < 1.29 is 9.13 Å². The first-order valence-electron chi connectivity index (χ1n) is 8.30. The Balaban J connectivity index is 1.56. The molecule has 1 aromatic carbocycles. The second kappa shape index (κ2) is 6.21. The van der Waals surface area contributed by atoms with Gasteiger partial charge in [0.1, 0.15) is 16.9 Å². The van der Waals surface area contributed by atoms with Crippen LogP contribution >= 0.6 is 11.3 Å². The van der Waals surface area contributed by atoms with Gasteiger partial charge in [-0.1, -0.05) is 6.07 Å². The summed E-state index contributed by atoms with van der Waals surface area (Å²) in [5.41, 5.74) is 3.92. The van der Waals surface area contributed by atoms with Gasteiger partial charge in [0.2, 0.25) is 0 Å². The maximum atomic E-state index is 14.5. The van der Waals surface area contributed by atoms with Gasteiger partial charge < -0.3 is 9.64 Å². The van der Waals surface area contributed by atoms with E-state index >= 15 is 0 Å². The summed E-state index contributed by atoms with van der Waals surface area (Å²) >= 11 is 1.67. The summed E-state index contributed by atoms with van der Waals surface area (Å²) < 4.78 is 20.2. The molecule has 3 heterocycles. The minimum Gasteiger partial charge on any atom is -0.371 e. The van der Waals surface area contributed by atoms with Crippen LogP contribution in [0.2, 0.25) is 0 Å². The van der Waals surface area contributed by atoms with Crippen molar-refractivity contribution in [3.63, 3.8) is 0 Å². The van der Waals surface area contributed by atoms with Crippen LogP contribution in [-0.4, -0.2) is 18.1 Å². The average molecular weight is 332 g/mol. The highest BCUT2D eigenvalue weighted by molar-refractivity contribution is 7.09. The Morgan fingerprint density at radius 3 is 3.13 bits per heavy atom. The summed E-state index contributed by atoms with van der Waals surface area (Å²) in [6.07, 6.45) is 4.37. The van der Waals surface area contributed by atoms with Crippen molar-refractivity contribution in [2.45, 2.75) is 45.3 Å². The minimum absolute atomic E-state index is 0.103. The smallest absolute Gasteiger partial charge is 0.147 e. The molecular formula is C18H21FN2OS. The number of fused-ring (bicyclic) bond motifs is 1. The molecule has 1 saturated heterocycles. The standard InChI is InChI=1S/C18H21FN2OS/c1-12-8-13-4-2-6-21(17(13)15(19)9-12)10-14-11-23-18(20-14)16-5-3-7-22-16/h8-9,11,16H,2-7,10H2,1H3/t16-/m1/s1. The molecule has 122 valence electrons. The second-order valence-corrected chi connectivity index (χ2v) is 7.35. The number of rotatable bonds is 3. The normalized spacial score (nSPS) is 20.8. The average Bonchev–Trinajstić information content (AvgIpc) is 3.17. The van der Waals surface area contributed by atoms with Crippen molar-refractivity contribution in [2.75, 3.05) is 18.1 Å². The van der Waals surface area contributed by atoms with Gasteiger partial charge in [-0.05, 0) is 49.8 Å². The summed E-state index contributed by atoms with van der Waals surface area (Å²) in [5, 5.41) is 3.16. The van der Waals surface area contributed by atoms with Gasteiger partial charge in [0.15, 0.2) is 0 Å². The molecule has 1 aromatic heterocycles. The van der Waals surface area contributed by atoms with Crippen molar-refractivity contribution in [3.8, 4) is 0 Å². The van der Waals surface area contributed by atoms with Crippen LogP contribution in [0.4, 0.5) is 10.1 Å². The van der Waals surface area contributed by atoms with Crippen molar-refractivity contribution in [3.05, 3.63) is 45.2 Å². The van der Waals surface area contributed by atoms with E-state index in [0.29, 0.717) is 6.54 Å². The van der Waals surface area contributed by atoms with Crippen molar-refractivity contribution in [1.29, 1.82) is 0 Å². The fourth-order valence-corrected chi connectivity index (χ4v) is 4.48. The summed E-state index contributed by atoms with van der Waals surface area (Å²) in [6, 6.07) is 3.75. The first-order valence-corrected chi connectivity index (χ1v) is 9.18. The maximum absolute atomic E-state index is 14.5. The Morgan fingerprint density at radius 2 is 2.30 bits per heavy atom. The zero-order valence-corrected chi connectivity index (χ0v) is 14.2. The lowest BCUT2D eigenvalue weighted by Crippen LogP contribution is -2.30. The Morgan fingerprint density at radius 1 is 1.39 bits per heavy atom. The predicted octanol–water partition coefficient (Wildman–Crippen LogP) is 4.39. The van der Waals surface area contributed by atoms with Gasteiger partial charge in [0.05, 0.1) is 17.9 Å². The highest BCUT2D eigenvalue weighted by Gasteiger charge is 2.24. The van der Waals surface area contributed by atoms with Crippen LogP contribution in [0.15, 0.2) is 17.5 Å². The number of halogens is 1. The molecule has 0 spiro atoms. The van der Waals surface area contributed by atoms with E-state index in [0.717, 1.165) is 66.4 Å². The maximum Gasteiger partial charge on any atom is 0.147 e. The number of anilines is 1. The van der Waals surface area contributed by atoms with E-state index in [1.54, 1.807) is 17.4 Å². The molecule has 0 bridgehead atoms. The Kier molecular flexibility index (Phi) is 4.07. The van der Waals surface area contributed by atoms with Crippen molar-refractivity contribution >= 4 is 17.0 Å². The van der Waals surface area contributed by atoms with Crippen LogP contribution < -0.4 is 4.90 Å². The third-order valence-corrected chi connectivity index (χ3v) is 5.59. The minimum atomic E-state index is -0.103. The summed E-state index contributed by atoms with van der Waals surface area (Å²) in [4.78, 5) is 6.88. The molecule has 0 saturated carbocycles. The molecule has 0 aliphatic carbocycles. The monoisotopic (exact) mass is 332 g/mol. The number of benzene rings is 1. The number of aromatic nitrogens is 1. The van der Waals surface area contributed by atoms with E-state index in [1.165, 1.54) is 0 Å². The molecule has 0 N–H and O–H groups in total. The molecule has 0 radical (unpaired) electrons. The molecule has 1 fully saturated rings. The van der Waals surface area contributed by atoms with Gasteiger partial charge in [0, 0.05) is 18.5 Å². The quantitative estimate of drug-likeness (QED) is 0.833. The number of hydrogen-bond acceptors (Lipinski definition) is 4. The topological polar surface area (TPSA) is 25.4 Å². The van der Waals surface area contributed by atoms with Crippen molar-refractivity contribution in [1.82, 2.24) is 4.98 Å². The van der Waals surface area contributed by atoms with Gasteiger partial charge >= 0.3 is 0 Å². The summed E-state index contributed by atoms with van der Waals surface area (Å²) in [7, 11) is 0. The molecule has 1 atom stereocenters. The molecular weight excluding hydrogens is 311 g/mol. The number of hydrogen-bond donors (Lipinski definition) is 0. The summed E-state index contributed by atoms with van der Waals surface area (Å²) in [5.74, 6) is -0.103. The largest absolute Gasteiger partial charge is 0.371 e. The first kappa shape index (κ1) is 15.1. The number of nitrogens with zero attached hydrogens (tertiary/aromatic N) is 2. The fraction of sp³-hybridized carbons (Fsp3) is 0.500. The van der Waals surface area contributed by atoms with E-state index in [-0.39, 0.29) is 11.9 Å². The molecule has 0 unspecified atom stereocenters. The van der Waals surface area contributed by atoms with Crippen LogP contribution in [0, 0.1) is 12.7 Å². The molecule has 2 aliphatic rings. The fourth-order valence-electron chi connectivity index (χ4n) is 3.59. The van der Waals surface area contributed by atoms with Gasteiger partial charge in [-0.3, -0.25) is 0 Å². The van der Waals surface area contributed by atoms with Gasteiger partial charge in [-0.15, -0.1) is 11.3 Å². The highest BCUT2D eigenvalue weighted by Crippen LogP contribution is 2.34. The molecule has 5 heteroatoms. The predicted molar refractivity (Wildman–Crippen MR) is 90.5 cm³/mol. The molecule has 23 heavy (non-hydrogen) atoms. The molecule has 2 aromatic rings. The molecule has 0 amide bonds. The second-order valence-electron chi connectivity index (χ2n) is 6.46. The molecule has 4 rings (SSSR count). The number of ether oxygens (including phenoxy) is 1. The van der Waals surface area contributed by atoms with Crippen LogP contribution in [0.5, 0.6) is 0 Å². The van der Waals surface area contributed by atoms with Crippen LogP contribution in [0.25, 0.3) is 0 Å². The van der Waals surface area contributed by atoms with E-state index in [4.69, 9.17) is 9.72 Å².